The van der Waals surface area contributed by atoms with Crippen LogP contribution >= 0.6 is 0 Å². The molecule has 34 heavy (non-hydrogen) atoms. The van der Waals surface area contributed by atoms with E-state index in [9.17, 15) is 22.8 Å². The molecule has 2 atom stereocenters. The number of benzene rings is 2. The van der Waals surface area contributed by atoms with Gasteiger partial charge in [0, 0.05) is 12.6 Å². The van der Waals surface area contributed by atoms with E-state index in [1.807, 2.05) is 44.2 Å². The Bertz CT molecular complexity index is 1150. The highest BCUT2D eigenvalue weighted by Gasteiger charge is 2.43. The molecule has 0 aromatic heterocycles. The molecule has 1 aliphatic heterocycles. The summed E-state index contributed by atoms with van der Waals surface area (Å²) in [6, 6.07) is 14.6. The minimum Gasteiger partial charge on any atom is -0.352 e. The van der Waals surface area contributed by atoms with Gasteiger partial charge in [-0.1, -0.05) is 56.3 Å². The smallest absolute Gasteiger partial charge is 0.269 e. The number of nitrogens with zero attached hydrogens (tertiary/aromatic N) is 2. The van der Waals surface area contributed by atoms with E-state index in [4.69, 9.17) is 0 Å². The minimum atomic E-state index is -4.13. The van der Waals surface area contributed by atoms with Crippen LogP contribution in [0.4, 0.5) is 0 Å². The lowest BCUT2D eigenvalue weighted by Gasteiger charge is -2.32. The van der Waals surface area contributed by atoms with Gasteiger partial charge in [0.25, 0.3) is 15.9 Å². The Morgan fingerprint density at radius 1 is 1.00 bits per heavy atom. The number of amides is 3. The van der Waals surface area contributed by atoms with Crippen LogP contribution in [0.3, 0.4) is 0 Å². The van der Waals surface area contributed by atoms with Crippen molar-refractivity contribution >= 4 is 27.7 Å². The van der Waals surface area contributed by atoms with Crippen molar-refractivity contribution in [1.82, 2.24) is 14.5 Å². The Morgan fingerprint density at radius 2 is 1.65 bits per heavy atom. The highest BCUT2D eigenvalue weighted by molar-refractivity contribution is 7.90. The van der Waals surface area contributed by atoms with E-state index in [0.29, 0.717) is 17.1 Å². The second-order valence-electron chi connectivity index (χ2n) is 8.38. The van der Waals surface area contributed by atoms with Gasteiger partial charge >= 0.3 is 0 Å². The predicted molar refractivity (Wildman–Crippen MR) is 128 cm³/mol. The average Bonchev–Trinajstić information content (AvgIpc) is 3.02. The topological polar surface area (TPSA) is 104 Å². The standard InChI is InChI=1S/C25H31N3O5S/c1-4-18(3)26-24(30)21(5-2)27(16-15-19-11-7-6-8-12-19)23(29)17-28-25(31)20-13-9-10-14-22(20)34(28,32)33/h6-14,18,21H,4-5,15-17H2,1-3H3,(H,26,30)/t18-,21-/m1/s1. The number of nitrogens with one attached hydrogen (secondary N) is 1. The van der Waals surface area contributed by atoms with Gasteiger partial charge in [0.2, 0.25) is 11.8 Å². The molecule has 2 aromatic rings. The molecule has 0 spiro atoms. The predicted octanol–water partition coefficient (Wildman–Crippen LogP) is 2.60. The third-order valence-corrected chi connectivity index (χ3v) is 7.85. The molecule has 8 nitrogen and oxygen atoms in total. The fourth-order valence-corrected chi connectivity index (χ4v) is 5.46. The van der Waals surface area contributed by atoms with E-state index in [1.165, 1.54) is 23.1 Å². The number of hydrogen-bond donors (Lipinski definition) is 1. The Morgan fingerprint density at radius 3 is 2.26 bits per heavy atom. The van der Waals surface area contributed by atoms with Crippen LogP contribution in [0.5, 0.6) is 0 Å². The quantitative estimate of drug-likeness (QED) is 0.557. The summed E-state index contributed by atoms with van der Waals surface area (Å²) in [6.07, 6.45) is 1.57. The van der Waals surface area contributed by atoms with Crippen molar-refractivity contribution in [3.8, 4) is 0 Å². The van der Waals surface area contributed by atoms with E-state index in [2.05, 4.69) is 5.32 Å². The molecule has 182 valence electrons. The summed E-state index contributed by atoms with van der Waals surface area (Å²) in [5.41, 5.74) is 1.03. The van der Waals surface area contributed by atoms with Crippen molar-refractivity contribution in [3.63, 3.8) is 0 Å². The molecule has 0 saturated carbocycles. The molecule has 0 aliphatic carbocycles. The van der Waals surface area contributed by atoms with Gasteiger partial charge in [0.15, 0.2) is 0 Å². The fourth-order valence-electron chi connectivity index (χ4n) is 3.94. The second kappa shape index (κ2) is 10.8. The van der Waals surface area contributed by atoms with Crippen LogP contribution in [0.1, 0.15) is 49.5 Å². The summed E-state index contributed by atoms with van der Waals surface area (Å²) in [7, 11) is -4.13. The van der Waals surface area contributed by atoms with Crippen molar-refractivity contribution in [2.24, 2.45) is 0 Å². The van der Waals surface area contributed by atoms with E-state index >= 15 is 0 Å². The van der Waals surface area contributed by atoms with Crippen LogP contribution in [-0.2, 0) is 26.0 Å². The maximum atomic E-state index is 13.5. The van der Waals surface area contributed by atoms with Crippen LogP contribution in [0, 0.1) is 0 Å². The van der Waals surface area contributed by atoms with Crippen LogP contribution in [0.25, 0.3) is 0 Å². The summed E-state index contributed by atoms with van der Waals surface area (Å²) in [6.45, 7) is 5.19. The molecule has 0 radical (unpaired) electrons. The zero-order chi connectivity index (χ0) is 24.9. The SMILES string of the molecule is CC[C@@H](C)NC(=O)[C@@H](CC)N(CCc1ccccc1)C(=O)CN1C(=O)c2ccccc2S1(=O)=O. The first-order chi connectivity index (χ1) is 16.2. The molecule has 1 N–H and O–H groups in total. The first kappa shape index (κ1) is 25.4. The number of fused-ring (bicyclic) bond motifs is 1. The molecule has 0 bridgehead atoms. The van der Waals surface area contributed by atoms with Gasteiger partial charge in [-0.2, -0.15) is 0 Å². The van der Waals surface area contributed by atoms with Gasteiger partial charge in [0.05, 0.1) is 5.56 Å². The lowest BCUT2D eigenvalue weighted by atomic mass is 10.1. The molecule has 9 heteroatoms. The second-order valence-corrected chi connectivity index (χ2v) is 10.2. The third kappa shape index (κ3) is 5.30. The summed E-state index contributed by atoms with van der Waals surface area (Å²) in [5, 5.41) is 2.92. The van der Waals surface area contributed by atoms with Crippen molar-refractivity contribution < 1.29 is 22.8 Å². The Labute approximate surface area is 201 Å². The van der Waals surface area contributed by atoms with Crippen molar-refractivity contribution in [2.45, 2.75) is 57.0 Å². The number of sulfonamides is 1. The molecule has 3 rings (SSSR count). The molecule has 0 saturated heterocycles. The molecule has 3 amide bonds. The molecular weight excluding hydrogens is 454 g/mol. The average molecular weight is 486 g/mol. The number of hydrogen-bond acceptors (Lipinski definition) is 5. The zero-order valence-corrected chi connectivity index (χ0v) is 20.5. The molecule has 0 fully saturated rings. The van der Waals surface area contributed by atoms with E-state index in [0.717, 1.165) is 12.0 Å². The number of rotatable bonds is 10. The lowest BCUT2D eigenvalue weighted by molar-refractivity contribution is -0.140. The Balaban J connectivity index is 1.86. The highest BCUT2D eigenvalue weighted by Crippen LogP contribution is 2.30. The summed E-state index contributed by atoms with van der Waals surface area (Å²) < 4.78 is 26.5. The molecule has 2 aromatic carbocycles. The van der Waals surface area contributed by atoms with Crippen LogP contribution in [0.15, 0.2) is 59.5 Å². The van der Waals surface area contributed by atoms with Crippen molar-refractivity contribution in [2.75, 3.05) is 13.1 Å². The normalized spacial score (nSPS) is 16.0. The van der Waals surface area contributed by atoms with Crippen LogP contribution in [-0.4, -0.2) is 60.5 Å². The Hall–Kier alpha value is -3.20. The lowest BCUT2D eigenvalue weighted by Crippen LogP contribution is -2.54. The van der Waals surface area contributed by atoms with Gasteiger partial charge in [-0.25, -0.2) is 12.7 Å². The summed E-state index contributed by atoms with van der Waals surface area (Å²) >= 11 is 0. The van der Waals surface area contributed by atoms with Gasteiger partial charge in [0.1, 0.15) is 17.5 Å². The highest BCUT2D eigenvalue weighted by atomic mass is 32.2. The van der Waals surface area contributed by atoms with Crippen molar-refractivity contribution in [3.05, 3.63) is 65.7 Å². The number of carbonyl (C=O) groups is 3. The van der Waals surface area contributed by atoms with Gasteiger partial charge in [-0.15, -0.1) is 0 Å². The van der Waals surface area contributed by atoms with Crippen molar-refractivity contribution in [1.29, 1.82) is 0 Å². The maximum absolute atomic E-state index is 13.5. The molecule has 1 heterocycles. The fraction of sp³-hybridized carbons (Fsp3) is 0.400. The first-order valence-corrected chi connectivity index (χ1v) is 12.9. The van der Waals surface area contributed by atoms with Gasteiger partial charge < -0.3 is 10.2 Å². The van der Waals surface area contributed by atoms with E-state index in [-0.39, 0.29) is 29.0 Å². The zero-order valence-electron chi connectivity index (χ0n) is 19.7. The third-order valence-electron chi connectivity index (χ3n) is 6.06. The maximum Gasteiger partial charge on any atom is 0.269 e. The van der Waals surface area contributed by atoms with Gasteiger partial charge in [-0.3, -0.25) is 14.4 Å². The molecule has 0 unspecified atom stereocenters. The van der Waals surface area contributed by atoms with E-state index in [1.54, 1.807) is 13.0 Å². The van der Waals surface area contributed by atoms with E-state index < -0.39 is 34.4 Å². The molecule has 1 aliphatic rings. The Kier molecular flexibility index (Phi) is 8.09. The van der Waals surface area contributed by atoms with Crippen LogP contribution in [0.2, 0.25) is 0 Å². The summed E-state index contributed by atoms with van der Waals surface area (Å²) in [5.74, 6) is -1.62. The minimum absolute atomic E-state index is 0.0488. The first-order valence-electron chi connectivity index (χ1n) is 11.5. The van der Waals surface area contributed by atoms with Crippen LogP contribution < -0.4 is 5.32 Å². The molecular formula is C25H31N3O5S. The monoisotopic (exact) mass is 485 g/mol. The summed E-state index contributed by atoms with van der Waals surface area (Å²) in [4.78, 5) is 40.6. The number of carbonyl (C=O) groups excluding carboxylic acids is 3. The van der Waals surface area contributed by atoms with Gasteiger partial charge in [-0.05, 0) is 43.9 Å². The largest absolute Gasteiger partial charge is 0.352 e.